The maximum atomic E-state index is 14.5. The zero-order valence-electron chi connectivity index (χ0n) is 27.0. The monoisotopic (exact) mass is 578 g/mol. The normalized spacial score (nSPS) is 47.0. The number of aliphatic hydroxyl groups is 2. The van der Waals surface area contributed by atoms with E-state index >= 15 is 0 Å². The molecule has 1 unspecified atom stereocenters. The number of hydrogen-bond donors (Lipinski definition) is 2. The van der Waals surface area contributed by atoms with Gasteiger partial charge in [-0.05, 0) is 84.0 Å². The van der Waals surface area contributed by atoms with Crippen molar-refractivity contribution in [3.63, 3.8) is 0 Å². The van der Waals surface area contributed by atoms with Gasteiger partial charge in [0.05, 0.1) is 31.3 Å². The Kier molecular flexibility index (Phi) is 7.35. The number of esters is 1. The Bertz CT molecular complexity index is 1230. The number of fused-ring (bicyclic) bond motifs is 3. The molecule has 0 aromatic heterocycles. The van der Waals surface area contributed by atoms with Crippen molar-refractivity contribution in [1.82, 2.24) is 0 Å². The van der Waals surface area contributed by atoms with E-state index in [1.54, 1.807) is 0 Å². The van der Waals surface area contributed by atoms with Crippen LogP contribution < -0.4 is 0 Å². The van der Waals surface area contributed by atoms with Gasteiger partial charge in [-0.2, -0.15) is 0 Å². The van der Waals surface area contributed by atoms with Gasteiger partial charge < -0.3 is 19.7 Å². The van der Waals surface area contributed by atoms with E-state index in [-0.39, 0.29) is 33.5 Å². The minimum Gasteiger partial charge on any atom is -0.461 e. The summed E-state index contributed by atoms with van der Waals surface area (Å²) in [5.74, 6) is 1.19. The van der Waals surface area contributed by atoms with Crippen molar-refractivity contribution in [3.05, 3.63) is 47.5 Å². The molecule has 1 aromatic rings. The molecule has 232 valence electrons. The highest BCUT2D eigenvalue weighted by Gasteiger charge is 2.71. The molecular formula is C37H54O5. The van der Waals surface area contributed by atoms with Gasteiger partial charge >= 0.3 is 5.97 Å². The molecule has 4 aliphatic carbocycles. The Hall–Kier alpha value is -1.69. The third-order valence-corrected chi connectivity index (χ3v) is 14.3. The van der Waals surface area contributed by atoms with E-state index in [2.05, 4.69) is 54.5 Å². The maximum absolute atomic E-state index is 14.5. The number of aliphatic hydroxyl groups excluding tert-OH is 2. The van der Waals surface area contributed by atoms with Gasteiger partial charge in [-0.25, -0.2) is 0 Å². The summed E-state index contributed by atoms with van der Waals surface area (Å²) in [4.78, 5) is 14.5. The largest absolute Gasteiger partial charge is 0.461 e. The van der Waals surface area contributed by atoms with E-state index in [0.717, 1.165) is 37.7 Å². The summed E-state index contributed by atoms with van der Waals surface area (Å²) >= 11 is 0. The van der Waals surface area contributed by atoms with Crippen LogP contribution in [0.5, 0.6) is 0 Å². The minimum atomic E-state index is -0.755. The van der Waals surface area contributed by atoms with Gasteiger partial charge in [0.2, 0.25) is 0 Å². The summed E-state index contributed by atoms with van der Waals surface area (Å²) in [7, 11) is 0. The number of carbonyl (C=O) groups is 1. The predicted octanol–water partition coefficient (Wildman–Crippen LogP) is 6.96. The second-order valence-corrected chi connectivity index (χ2v) is 16.3. The molecule has 1 aliphatic heterocycles. The summed E-state index contributed by atoms with van der Waals surface area (Å²) in [5.41, 5.74) is 1.27. The molecule has 2 N–H and O–H groups in total. The molecular weight excluding hydrogens is 524 g/mol. The predicted molar refractivity (Wildman–Crippen MR) is 164 cm³/mol. The number of allylic oxidation sites excluding steroid dienone is 1. The summed E-state index contributed by atoms with van der Waals surface area (Å²) < 4.78 is 12.5. The maximum Gasteiger partial charge on any atom is 0.310 e. The zero-order valence-corrected chi connectivity index (χ0v) is 27.0. The number of ether oxygens (including phenoxy) is 2. The number of benzene rings is 1. The van der Waals surface area contributed by atoms with Crippen LogP contribution in [0.2, 0.25) is 0 Å². The van der Waals surface area contributed by atoms with E-state index in [1.807, 2.05) is 30.3 Å². The zero-order chi connectivity index (χ0) is 30.3. The molecule has 6 rings (SSSR count). The highest BCUT2D eigenvalue weighted by Crippen LogP contribution is 2.74. The van der Waals surface area contributed by atoms with Crippen molar-refractivity contribution < 1.29 is 24.5 Å². The molecule has 0 radical (unpaired) electrons. The molecule has 5 nitrogen and oxygen atoms in total. The van der Waals surface area contributed by atoms with Gasteiger partial charge in [0.15, 0.2) is 0 Å². The van der Waals surface area contributed by atoms with Crippen molar-refractivity contribution in [1.29, 1.82) is 0 Å². The molecule has 42 heavy (non-hydrogen) atoms. The van der Waals surface area contributed by atoms with Crippen LogP contribution in [0.1, 0.15) is 92.6 Å². The quantitative estimate of drug-likeness (QED) is 0.292. The molecule has 0 spiro atoms. The standard InChI is InChI=1S/C37H54O5/c1-23(2)24(3)33(4)17-18-35(6)26-13-14-29-34(5)21-41-22-37(29,19-28(38)31(34)39)27(26)15-16-36(35,7)30(33)32(40)42-20-25-11-9-8-10-12-25/h8-12,15,23-24,26,28-31,38-39H,13-14,16-22H2,1-7H3/t24-,26+,28-,29?,30-,31+,33-,34+,35-,36+,37+/m1/s1. The van der Waals surface area contributed by atoms with E-state index < -0.39 is 17.6 Å². The van der Waals surface area contributed by atoms with Crippen molar-refractivity contribution >= 4 is 5.97 Å². The summed E-state index contributed by atoms with van der Waals surface area (Å²) in [6.45, 7) is 17.7. The summed E-state index contributed by atoms with van der Waals surface area (Å²) in [6, 6.07) is 10.0. The minimum absolute atomic E-state index is 0.0456. The van der Waals surface area contributed by atoms with E-state index in [9.17, 15) is 15.0 Å². The van der Waals surface area contributed by atoms with Crippen molar-refractivity contribution in [2.45, 2.75) is 106 Å². The van der Waals surface area contributed by atoms with Crippen molar-refractivity contribution in [2.75, 3.05) is 13.2 Å². The van der Waals surface area contributed by atoms with Crippen LogP contribution >= 0.6 is 0 Å². The second kappa shape index (κ2) is 10.2. The Balaban J connectivity index is 1.42. The lowest BCUT2D eigenvalue weighted by atomic mass is 9.34. The fourth-order valence-corrected chi connectivity index (χ4v) is 11.4. The molecule has 1 aromatic carbocycles. The van der Waals surface area contributed by atoms with Crippen LogP contribution in [0.3, 0.4) is 0 Å². The topological polar surface area (TPSA) is 76.0 Å². The molecule has 3 saturated carbocycles. The average Bonchev–Trinajstić information content (AvgIpc) is 2.95. The van der Waals surface area contributed by atoms with Gasteiger partial charge in [0.1, 0.15) is 6.61 Å². The first kappa shape index (κ1) is 30.3. The molecule has 0 amide bonds. The number of carbonyl (C=O) groups excluding carboxylic acids is 1. The third kappa shape index (κ3) is 4.01. The van der Waals surface area contributed by atoms with E-state index in [4.69, 9.17) is 9.47 Å². The third-order valence-electron chi connectivity index (χ3n) is 14.3. The SMILES string of the molecule is CC(C)[C@@H](C)[C@@]1(C)CC[C@]2(C)[C@H]3CCC4[C@@]5(COC[C@]4(C)[C@@H](O)[C@H](O)C5)C3=CC[C@@]2(C)[C@@H]1C(=O)OCc1ccccc1. The van der Waals surface area contributed by atoms with Crippen LogP contribution in [0, 0.1) is 56.7 Å². The summed E-state index contributed by atoms with van der Waals surface area (Å²) in [5, 5.41) is 22.3. The Morgan fingerprint density at radius 1 is 1.00 bits per heavy atom. The van der Waals surface area contributed by atoms with Crippen LogP contribution in [0.4, 0.5) is 0 Å². The van der Waals surface area contributed by atoms with Crippen molar-refractivity contribution in [2.24, 2.45) is 56.7 Å². The molecule has 11 atom stereocenters. The number of hydrogen-bond acceptors (Lipinski definition) is 5. The molecule has 2 bridgehead atoms. The molecule has 5 heteroatoms. The van der Waals surface area contributed by atoms with Crippen LogP contribution in [0.15, 0.2) is 42.0 Å². The first-order valence-electron chi connectivity index (χ1n) is 16.6. The van der Waals surface area contributed by atoms with Crippen molar-refractivity contribution in [3.8, 4) is 0 Å². The first-order chi connectivity index (χ1) is 19.7. The van der Waals surface area contributed by atoms with E-state index in [0.29, 0.717) is 49.9 Å². The average molecular weight is 579 g/mol. The highest BCUT2D eigenvalue weighted by molar-refractivity contribution is 5.75. The molecule has 1 saturated heterocycles. The van der Waals surface area contributed by atoms with Gasteiger partial charge in [-0.3, -0.25) is 4.79 Å². The van der Waals surface area contributed by atoms with Crippen LogP contribution in [-0.4, -0.2) is 41.6 Å². The number of rotatable bonds is 5. The first-order valence-corrected chi connectivity index (χ1v) is 16.6. The lowest BCUT2D eigenvalue weighted by molar-refractivity contribution is -0.253. The van der Waals surface area contributed by atoms with E-state index in [1.165, 1.54) is 5.57 Å². The summed E-state index contributed by atoms with van der Waals surface area (Å²) in [6.07, 6.45) is 6.53. The molecule has 5 aliphatic rings. The Morgan fingerprint density at radius 3 is 2.40 bits per heavy atom. The van der Waals surface area contributed by atoms with Crippen LogP contribution in [-0.2, 0) is 20.9 Å². The van der Waals surface area contributed by atoms with Gasteiger partial charge in [0.25, 0.3) is 0 Å². The lowest BCUT2D eigenvalue weighted by Crippen LogP contribution is -2.69. The highest BCUT2D eigenvalue weighted by atomic mass is 16.5. The smallest absolute Gasteiger partial charge is 0.310 e. The molecule has 1 heterocycles. The Morgan fingerprint density at radius 2 is 1.71 bits per heavy atom. The fourth-order valence-electron chi connectivity index (χ4n) is 11.4. The second-order valence-electron chi connectivity index (χ2n) is 16.3. The lowest BCUT2D eigenvalue weighted by Gasteiger charge is -2.71. The Labute approximate surface area is 253 Å². The molecule has 4 fully saturated rings. The fraction of sp³-hybridized carbons (Fsp3) is 0.757. The van der Waals surface area contributed by atoms with Crippen LogP contribution in [0.25, 0.3) is 0 Å². The van der Waals surface area contributed by atoms with Gasteiger partial charge in [-0.1, -0.05) is 90.4 Å². The van der Waals surface area contributed by atoms with Gasteiger partial charge in [-0.15, -0.1) is 0 Å². The van der Waals surface area contributed by atoms with Gasteiger partial charge in [0, 0.05) is 10.8 Å².